The van der Waals surface area contributed by atoms with Crippen LogP contribution >= 0.6 is 11.8 Å². The topological polar surface area (TPSA) is 70.6 Å². The van der Waals surface area contributed by atoms with Gasteiger partial charge in [-0.1, -0.05) is 11.8 Å². The largest absolute Gasteiger partial charge is 0.324 e. The van der Waals surface area contributed by atoms with Gasteiger partial charge in [0.15, 0.2) is 5.17 Å². The Morgan fingerprint density at radius 1 is 1.41 bits per heavy atom. The molecular formula is C14H13F2N3O2S. The second-order valence-corrected chi connectivity index (χ2v) is 6.33. The standard InChI is InChI=1S/C14H13F2N3O2S/c15-7-1-4-10(9(16)5-7)18-12(20)6-11-13(21)19-14(22-11)17-8-2-3-8/h1,4-5,8,11H,2-3,6H2,(H,18,20)(H,17,19,21). The summed E-state index contributed by atoms with van der Waals surface area (Å²) in [5, 5.41) is 4.93. The Labute approximate surface area is 129 Å². The first-order valence-electron chi connectivity index (χ1n) is 6.81. The highest BCUT2D eigenvalue weighted by Crippen LogP contribution is 2.29. The summed E-state index contributed by atoms with van der Waals surface area (Å²) in [6.45, 7) is 0. The van der Waals surface area contributed by atoms with Crippen molar-refractivity contribution in [2.24, 2.45) is 4.99 Å². The quantitative estimate of drug-likeness (QED) is 0.890. The second-order valence-electron chi connectivity index (χ2n) is 5.14. The van der Waals surface area contributed by atoms with E-state index in [-0.39, 0.29) is 24.1 Å². The zero-order valence-corrected chi connectivity index (χ0v) is 12.3. The van der Waals surface area contributed by atoms with Crippen LogP contribution in [0.25, 0.3) is 0 Å². The lowest BCUT2D eigenvalue weighted by Gasteiger charge is -2.08. The van der Waals surface area contributed by atoms with Gasteiger partial charge in [-0.3, -0.25) is 14.6 Å². The van der Waals surface area contributed by atoms with Gasteiger partial charge in [0.1, 0.15) is 16.9 Å². The predicted octanol–water partition coefficient (Wildman–Crippen LogP) is 2.04. The lowest BCUT2D eigenvalue weighted by molar-refractivity contribution is -0.122. The fourth-order valence-corrected chi connectivity index (χ4v) is 2.97. The molecule has 1 aromatic rings. The molecule has 1 aliphatic heterocycles. The van der Waals surface area contributed by atoms with Crippen molar-refractivity contribution in [2.45, 2.75) is 30.6 Å². The molecule has 3 rings (SSSR count). The summed E-state index contributed by atoms with van der Waals surface area (Å²) >= 11 is 1.21. The maximum atomic E-state index is 13.5. The average Bonchev–Trinajstić information content (AvgIpc) is 3.18. The van der Waals surface area contributed by atoms with E-state index in [1.54, 1.807) is 0 Å². The maximum Gasteiger partial charge on any atom is 0.240 e. The summed E-state index contributed by atoms with van der Waals surface area (Å²) in [5.41, 5.74) is -0.110. The van der Waals surface area contributed by atoms with Crippen LogP contribution < -0.4 is 10.6 Å². The molecule has 0 radical (unpaired) electrons. The number of amides is 2. The molecule has 1 heterocycles. The first-order valence-corrected chi connectivity index (χ1v) is 7.69. The SMILES string of the molecule is O=C(CC1SC(=NC2CC2)NC1=O)Nc1ccc(F)cc1F. The van der Waals surface area contributed by atoms with E-state index in [4.69, 9.17) is 0 Å². The number of anilines is 1. The number of carbonyl (C=O) groups excluding carboxylic acids is 2. The Hall–Kier alpha value is -1.96. The molecule has 2 fully saturated rings. The van der Waals surface area contributed by atoms with Gasteiger partial charge in [-0.15, -0.1) is 0 Å². The van der Waals surface area contributed by atoms with Crippen molar-refractivity contribution < 1.29 is 18.4 Å². The number of halogens is 2. The number of aliphatic imine (C=N–C) groups is 1. The van der Waals surface area contributed by atoms with Crippen LogP contribution in [0.1, 0.15) is 19.3 Å². The Morgan fingerprint density at radius 3 is 2.86 bits per heavy atom. The Bertz CT molecular complexity index is 661. The molecule has 1 aromatic carbocycles. The number of nitrogens with zero attached hydrogens (tertiary/aromatic N) is 1. The number of nitrogens with one attached hydrogen (secondary N) is 2. The zero-order chi connectivity index (χ0) is 15.7. The smallest absolute Gasteiger partial charge is 0.240 e. The van der Waals surface area contributed by atoms with Gasteiger partial charge in [0.25, 0.3) is 0 Å². The van der Waals surface area contributed by atoms with Gasteiger partial charge in [-0.25, -0.2) is 8.78 Å². The van der Waals surface area contributed by atoms with Gasteiger partial charge in [-0.05, 0) is 25.0 Å². The fraction of sp³-hybridized carbons (Fsp3) is 0.357. The predicted molar refractivity (Wildman–Crippen MR) is 79.6 cm³/mol. The Kier molecular flexibility index (Phi) is 4.10. The summed E-state index contributed by atoms with van der Waals surface area (Å²) in [7, 11) is 0. The van der Waals surface area contributed by atoms with Gasteiger partial charge in [0, 0.05) is 12.5 Å². The third kappa shape index (κ3) is 3.62. The molecule has 1 unspecified atom stereocenters. The van der Waals surface area contributed by atoms with Crippen LogP contribution in [-0.4, -0.2) is 28.3 Å². The molecule has 22 heavy (non-hydrogen) atoms. The van der Waals surface area contributed by atoms with Crippen molar-refractivity contribution in [3.05, 3.63) is 29.8 Å². The highest BCUT2D eigenvalue weighted by atomic mass is 32.2. The molecule has 0 spiro atoms. The zero-order valence-electron chi connectivity index (χ0n) is 11.4. The van der Waals surface area contributed by atoms with E-state index >= 15 is 0 Å². The fourth-order valence-electron chi connectivity index (χ4n) is 1.93. The van der Waals surface area contributed by atoms with E-state index in [9.17, 15) is 18.4 Å². The van der Waals surface area contributed by atoms with Crippen molar-refractivity contribution in [3.63, 3.8) is 0 Å². The van der Waals surface area contributed by atoms with Crippen molar-refractivity contribution in [2.75, 3.05) is 5.32 Å². The summed E-state index contributed by atoms with van der Waals surface area (Å²) in [5.74, 6) is -2.36. The van der Waals surface area contributed by atoms with Crippen LogP contribution in [0.3, 0.4) is 0 Å². The summed E-state index contributed by atoms with van der Waals surface area (Å²) in [6, 6.07) is 3.16. The first kappa shape index (κ1) is 15.0. The molecule has 2 amide bonds. The third-order valence-electron chi connectivity index (χ3n) is 3.20. The molecule has 1 aliphatic carbocycles. The molecule has 1 atom stereocenters. The van der Waals surface area contributed by atoms with Gasteiger partial charge in [0.05, 0.1) is 11.7 Å². The minimum Gasteiger partial charge on any atom is -0.324 e. The number of hydrogen-bond donors (Lipinski definition) is 2. The van der Waals surface area contributed by atoms with Crippen molar-refractivity contribution >= 4 is 34.4 Å². The average molecular weight is 325 g/mol. The Morgan fingerprint density at radius 2 is 2.18 bits per heavy atom. The molecule has 0 bridgehead atoms. The minimum atomic E-state index is -0.854. The normalized spacial score (nSPS) is 22.7. The van der Waals surface area contributed by atoms with Gasteiger partial charge >= 0.3 is 0 Å². The molecular weight excluding hydrogens is 312 g/mol. The minimum absolute atomic E-state index is 0.100. The van der Waals surface area contributed by atoms with E-state index in [0.29, 0.717) is 11.2 Å². The monoisotopic (exact) mass is 325 g/mol. The third-order valence-corrected chi connectivity index (χ3v) is 4.30. The van der Waals surface area contributed by atoms with E-state index in [1.165, 1.54) is 11.8 Å². The molecule has 0 aromatic heterocycles. The van der Waals surface area contributed by atoms with E-state index in [1.807, 2.05) is 0 Å². The maximum absolute atomic E-state index is 13.5. The first-order chi connectivity index (χ1) is 10.5. The van der Waals surface area contributed by atoms with Crippen molar-refractivity contribution in [3.8, 4) is 0 Å². The molecule has 1 saturated heterocycles. The van der Waals surface area contributed by atoms with Crippen LogP contribution in [-0.2, 0) is 9.59 Å². The number of carbonyl (C=O) groups is 2. The molecule has 2 aliphatic rings. The number of hydrogen-bond acceptors (Lipinski definition) is 4. The highest BCUT2D eigenvalue weighted by Gasteiger charge is 2.33. The summed E-state index contributed by atoms with van der Waals surface area (Å²) in [6.07, 6.45) is 1.95. The van der Waals surface area contributed by atoms with Crippen molar-refractivity contribution in [1.82, 2.24) is 5.32 Å². The number of benzene rings is 1. The molecule has 5 nitrogen and oxygen atoms in total. The second kappa shape index (κ2) is 6.04. The number of thioether (sulfide) groups is 1. The summed E-state index contributed by atoms with van der Waals surface area (Å²) in [4.78, 5) is 28.0. The summed E-state index contributed by atoms with van der Waals surface area (Å²) < 4.78 is 26.2. The lowest BCUT2D eigenvalue weighted by Crippen LogP contribution is -2.28. The van der Waals surface area contributed by atoms with Gasteiger partial charge in [0.2, 0.25) is 11.8 Å². The molecule has 1 saturated carbocycles. The van der Waals surface area contributed by atoms with E-state index in [0.717, 1.165) is 25.0 Å². The van der Waals surface area contributed by atoms with E-state index < -0.39 is 22.8 Å². The van der Waals surface area contributed by atoms with Gasteiger partial charge in [-0.2, -0.15) is 0 Å². The van der Waals surface area contributed by atoms with Crippen LogP contribution in [0.2, 0.25) is 0 Å². The number of amidine groups is 1. The van der Waals surface area contributed by atoms with E-state index in [2.05, 4.69) is 15.6 Å². The number of rotatable bonds is 4. The van der Waals surface area contributed by atoms with Crippen LogP contribution in [0, 0.1) is 11.6 Å². The van der Waals surface area contributed by atoms with Crippen molar-refractivity contribution in [1.29, 1.82) is 0 Å². The van der Waals surface area contributed by atoms with Crippen LogP contribution in [0.5, 0.6) is 0 Å². The molecule has 8 heteroatoms. The molecule has 116 valence electrons. The van der Waals surface area contributed by atoms with Crippen LogP contribution in [0.15, 0.2) is 23.2 Å². The Balaban J connectivity index is 1.58. The van der Waals surface area contributed by atoms with Gasteiger partial charge < -0.3 is 10.6 Å². The molecule has 2 N–H and O–H groups in total. The lowest BCUT2D eigenvalue weighted by atomic mass is 10.2. The highest BCUT2D eigenvalue weighted by molar-refractivity contribution is 8.15. The van der Waals surface area contributed by atoms with Crippen LogP contribution in [0.4, 0.5) is 14.5 Å².